The number of rotatable bonds is 1. The van der Waals surface area contributed by atoms with Crippen molar-refractivity contribution < 1.29 is 4.79 Å². The number of carbonyl (C=O) groups excluding carboxylic acids is 1. The molecule has 0 bridgehead atoms. The molecule has 0 radical (unpaired) electrons. The van der Waals surface area contributed by atoms with Gasteiger partial charge in [0.15, 0.2) is 0 Å². The molecule has 0 aromatic carbocycles. The van der Waals surface area contributed by atoms with E-state index in [1.165, 1.54) is 0 Å². The van der Waals surface area contributed by atoms with Crippen molar-refractivity contribution in [2.75, 3.05) is 11.1 Å². The molecule has 1 atom stereocenters. The van der Waals surface area contributed by atoms with Gasteiger partial charge in [-0.1, -0.05) is 20.8 Å². The first kappa shape index (κ1) is 13.5. The van der Waals surface area contributed by atoms with E-state index < -0.39 is 0 Å². The van der Waals surface area contributed by atoms with Crippen LogP contribution in [0.1, 0.15) is 51.5 Å². The molecule has 5 heteroatoms. The first-order valence-corrected chi connectivity index (χ1v) is 7.34. The third-order valence-electron chi connectivity index (χ3n) is 3.02. The van der Waals surface area contributed by atoms with E-state index in [9.17, 15) is 4.79 Å². The molecule has 0 saturated heterocycles. The van der Waals surface area contributed by atoms with Gasteiger partial charge in [0.1, 0.15) is 5.82 Å². The van der Waals surface area contributed by atoms with E-state index in [2.05, 4.69) is 45.0 Å². The highest BCUT2D eigenvalue weighted by molar-refractivity contribution is 8.00. The highest BCUT2D eigenvalue weighted by Gasteiger charge is 2.34. The van der Waals surface area contributed by atoms with E-state index in [1.54, 1.807) is 11.8 Å². The molecule has 1 aliphatic heterocycles. The number of fused-ring (bicyclic) bond motifs is 1. The quantitative estimate of drug-likeness (QED) is 0.849. The molecular formula is C13H21N3OS. The van der Waals surface area contributed by atoms with Crippen LogP contribution in [0.15, 0.2) is 6.20 Å². The number of amides is 1. The van der Waals surface area contributed by atoms with Gasteiger partial charge in [0.05, 0.1) is 11.9 Å². The van der Waals surface area contributed by atoms with Crippen molar-refractivity contribution in [2.45, 2.75) is 45.9 Å². The molecule has 2 rings (SSSR count). The molecule has 0 unspecified atom stereocenters. The Labute approximate surface area is 113 Å². The number of thioether (sulfide) groups is 1. The summed E-state index contributed by atoms with van der Waals surface area (Å²) in [7, 11) is 0. The van der Waals surface area contributed by atoms with E-state index in [0.717, 1.165) is 11.4 Å². The monoisotopic (exact) mass is 267 g/mol. The smallest absolute Gasteiger partial charge is 0.235 e. The number of hydrogen-bond acceptors (Lipinski definition) is 3. The number of carbonyl (C=O) groups is 1. The van der Waals surface area contributed by atoms with Crippen LogP contribution in [0.5, 0.6) is 0 Å². The zero-order valence-corrected chi connectivity index (χ0v) is 12.5. The molecule has 4 nitrogen and oxygen atoms in total. The highest BCUT2D eigenvalue weighted by Crippen LogP contribution is 2.47. The van der Waals surface area contributed by atoms with Crippen molar-refractivity contribution in [1.82, 2.24) is 9.78 Å². The van der Waals surface area contributed by atoms with Crippen LogP contribution in [-0.2, 0) is 4.79 Å². The number of hydrogen-bond donors (Lipinski definition) is 1. The normalized spacial score (nSPS) is 20.6. The van der Waals surface area contributed by atoms with Crippen molar-refractivity contribution >= 4 is 23.5 Å². The highest BCUT2D eigenvalue weighted by atomic mass is 32.2. The lowest BCUT2D eigenvalue weighted by molar-refractivity contribution is -0.113. The van der Waals surface area contributed by atoms with Gasteiger partial charge in [-0.2, -0.15) is 5.10 Å². The fourth-order valence-electron chi connectivity index (χ4n) is 2.22. The second-order valence-electron chi connectivity index (χ2n) is 6.09. The standard InChI is InChI=1S/C13H21N3OS/c1-8(2)16-12-9(6-14-16)11(13(3,4)5)18-7-10(17)15-12/h6,8,11H,7H2,1-5H3,(H,15,17)/t11-/m1/s1. The van der Waals surface area contributed by atoms with Gasteiger partial charge in [-0.15, -0.1) is 11.8 Å². The molecule has 0 aliphatic carbocycles. The Bertz CT molecular complexity index is 459. The van der Waals surface area contributed by atoms with Crippen LogP contribution < -0.4 is 5.32 Å². The Morgan fingerprint density at radius 1 is 1.50 bits per heavy atom. The summed E-state index contributed by atoms with van der Waals surface area (Å²) in [5.74, 6) is 1.45. The van der Waals surface area contributed by atoms with Crippen LogP contribution in [-0.4, -0.2) is 21.4 Å². The molecule has 0 saturated carbocycles. The van der Waals surface area contributed by atoms with Crippen molar-refractivity contribution in [2.24, 2.45) is 5.41 Å². The van der Waals surface area contributed by atoms with Gasteiger partial charge in [0.25, 0.3) is 0 Å². The van der Waals surface area contributed by atoms with Crippen LogP contribution in [0.25, 0.3) is 0 Å². The summed E-state index contributed by atoms with van der Waals surface area (Å²) in [6.45, 7) is 10.8. The first-order valence-electron chi connectivity index (χ1n) is 6.29. The van der Waals surface area contributed by atoms with E-state index >= 15 is 0 Å². The molecule has 1 amide bonds. The summed E-state index contributed by atoms with van der Waals surface area (Å²) in [5.41, 5.74) is 1.25. The Hall–Kier alpha value is -0.970. The minimum absolute atomic E-state index is 0.0652. The number of nitrogens with one attached hydrogen (secondary N) is 1. The lowest BCUT2D eigenvalue weighted by atomic mass is 9.88. The second-order valence-corrected chi connectivity index (χ2v) is 7.19. The predicted molar refractivity (Wildman–Crippen MR) is 75.9 cm³/mol. The zero-order chi connectivity index (χ0) is 13.5. The topological polar surface area (TPSA) is 46.9 Å². The van der Waals surface area contributed by atoms with Crippen LogP contribution in [0.4, 0.5) is 5.82 Å². The van der Waals surface area contributed by atoms with Crippen molar-refractivity contribution in [3.8, 4) is 0 Å². The van der Waals surface area contributed by atoms with Crippen molar-refractivity contribution in [3.05, 3.63) is 11.8 Å². The molecule has 1 N–H and O–H groups in total. The van der Waals surface area contributed by atoms with Gasteiger partial charge < -0.3 is 5.32 Å². The molecule has 2 heterocycles. The number of aromatic nitrogens is 2. The molecular weight excluding hydrogens is 246 g/mol. The maximum absolute atomic E-state index is 11.8. The Morgan fingerprint density at radius 2 is 2.17 bits per heavy atom. The number of anilines is 1. The predicted octanol–water partition coefficient (Wildman–Crippen LogP) is 3.24. The fraction of sp³-hybridized carbons (Fsp3) is 0.692. The second kappa shape index (κ2) is 4.61. The average Bonchev–Trinajstić information content (AvgIpc) is 2.53. The molecule has 0 spiro atoms. The lowest BCUT2D eigenvalue weighted by Gasteiger charge is -2.28. The number of nitrogens with zero attached hydrogens (tertiary/aromatic N) is 2. The summed E-state index contributed by atoms with van der Waals surface area (Å²) in [6, 6.07) is 0.248. The van der Waals surface area contributed by atoms with Crippen molar-refractivity contribution in [1.29, 1.82) is 0 Å². The Morgan fingerprint density at radius 3 is 2.72 bits per heavy atom. The largest absolute Gasteiger partial charge is 0.310 e. The Balaban J connectivity index is 2.50. The molecule has 100 valence electrons. The maximum Gasteiger partial charge on any atom is 0.235 e. The summed E-state index contributed by atoms with van der Waals surface area (Å²) in [6.07, 6.45) is 1.91. The average molecular weight is 267 g/mol. The van der Waals surface area contributed by atoms with E-state index in [-0.39, 0.29) is 17.4 Å². The first-order chi connectivity index (χ1) is 8.30. The summed E-state index contributed by atoms with van der Waals surface area (Å²) < 4.78 is 1.90. The third kappa shape index (κ3) is 2.41. The molecule has 1 aromatic heterocycles. The van der Waals surface area contributed by atoms with Crippen LogP contribution in [0.3, 0.4) is 0 Å². The third-order valence-corrected chi connectivity index (χ3v) is 4.74. The minimum Gasteiger partial charge on any atom is -0.310 e. The van der Waals surface area contributed by atoms with Gasteiger partial charge in [0, 0.05) is 16.9 Å². The molecule has 1 aliphatic rings. The zero-order valence-electron chi connectivity index (χ0n) is 11.7. The summed E-state index contributed by atoms with van der Waals surface area (Å²) in [5, 5.41) is 7.71. The van der Waals surface area contributed by atoms with E-state index in [4.69, 9.17) is 0 Å². The van der Waals surface area contributed by atoms with Gasteiger partial charge in [-0.3, -0.25) is 4.79 Å². The maximum atomic E-state index is 11.8. The molecule has 1 aromatic rings. The van der Waals surface area contributed by atoms with Gasteiger partial charge in [0.2, 0.25) is 5.91 Å². The van der Waals surface area contributed by atoms with Gasteiger partial charge in [-0.05, 0) is 19.3 Å². The van der Waals surface area contributed by atoms with Gasteiger partial charge >= 0.3 is 0 Å². The minimum atomic E-state index is 0.0652. The summed E-state index contributed by atoms with van der Waals surface area (Å²) in [4.78, 5) is 11.8. The van der Waals surface area contributed by atoms with E-state index in [1.807, 2.05) is 10.9 Å². The SMILES string of the molecule is CC(C)n1ncc2c1NC(=O)CS[C@H]2C(C)(C)C. The van der Waals surface area contributed by atoms with Crippen LogP contribution in [0, 0.1) is 5.41 Å². The molecule has 18 heavy (non-hydrogen) atoms. The summed E-state index contributed by atoms with van der Waals surface area (Å²) >= 11 is 1.70. The van der Waals surface area contributed by atoms with Crippen LogP contribution >= 0.6 is 11.8 Å². The Kier molecular flexibility index (Phi) is 3.45. The lowest BCUT2D eigenvalue weighted by Crippen LogP contribution is -2.17. The fourth-order valence-corrected chi connectivity index (χ4v) is 3.46. The van der Waals surface area contributed by atoms with E-state index in [0.29, 0.717) is 11.0 Å². The molecule has 0 fully saturated rings. The van der Waals surface area contributed by atoms with Crippen LogP contribution in [0.2, 0.25) is 0 Å². The van der Waals surface area contributed by atoms with Crippen molar-refractivity contribution in [3.63, 3.8) is 0 Å². The van der Waals surface area contributed by atoms with Gasteiger partial charge in [-0.25, -0.2) is 4.68 Å².